The van der Waals surface area contributed by atoms with Crippen LogP contribution in [0.25, 0.3) is 0 Å². The quantitative estimate of drug-likeness (QED) is 0.509. The summed E-state index contributed by atoms with van der Waals surface area (Å²) in [5.41, 5.74) is 3.06. The normalized spacial score (nSPS) is 41.8. The van der Waals surface area contributed by atoms with Crippen LogP contribution in [0.3, 0.4) is 0 Å². The van der Waals surface area contributed by atoms with E-state index in [1.807, 2.05) is 6.07 Å². The molecule has 0 amide bonds. The Labute approximate surface area is 130 Å². The van der Waals surface area contributed by atoms with E-state index in [0.717, 1.165) is 25.7 Å². The first-order valence-corrected chi connectivity index (χ1v) is 8.25. The fourth-order valence-corrected chi connectivity index (χ4v) is 5.45. The molecule has 2 saturated carbocycles. The molecule has 3 aliphatic rings. The third kappa shape index (κ3) is 1.76. The molecule has 0 radical (unpaired) electrons. The van der Waals surface area contributed by atoms with Crippen molar-refractivity contribution in [3.63, 3.8) is 0 Å². The van der Waals surface area contributed by atoms with Gasteiger partial charge < -0.3 is 15.4 Å². The maximum absolute atomic E-state index is 10.5. The zero-order valence-electron chi connectivity index (χ0n) is 12.9. The molecule has 1 aromatic rings. The van der Waals surface area contributed by atoms with Crippen LogP contribution in [-0.2, 0) is 6.42 Å². The van der Waals surface area contributed by atoms with Crippen LogP contribution in [0.5, 0.6) is 5.75 Å². The average Bonchev–Trinajstić information content (AvgIpc) is 2.78. The number of phenolic OH excluding ortho intramolecular Hbond substituents is 1. The lowest BCUT2D eigenvalue weighted by molar-refractivity contribution is -0.0121. The van der Waals surface area contributed by atoms with Crippen molar-refractivity contribution in [1.29, 1.82) is 0 Å². The van der Waals surface area contributed by atoms with Crippen molar-refractivity contribution in [2.75, 3.05) is 0 Å². The second kappa shape index (κ2) is 4.72. The molecule has 0 bridgehead atoms. The molecule has 0 aliphatic heterocycles. The lowest BCUT2D eigenvalue weighted by Gasteiger charge is -2.49. The Morgan fingerprint density at radius 3 is 2.86 bits per heavy atom. The van der Waals surface area contributed by atoms with Crippen molar-refractivity contribution in [2.24, 2.45) is 22.4 Å². The maximum Gasteiger partial charge on any atom is 0.115 e. The van der Waals surface area contributed by atoms with Crippen LogP contribution in [0.2, 0.25) is 0 Å². The van der Waals surface area contributed by atoms with E-state index in [-0.39, 0.29) is 5.41 Å². The van der Waals surface area contributed by atoms with Crippen LogP contribution in [0.4, 0.5) is 0 Å². The highest BCUT2D eigenvalue weighted by Gasteiger charge is 2.57. The maximum atomic E-state index is 10.5. The van der Waals surface area contributed by atoms with Gasteiger partial charge in [0.2, 0.25) is 0 Å². The van der Waals surface area contributed by atoms with Crippen molar-refractivity contribution in [2.45, 2.75) is 51.0 Å². The number of benzene rings is 1. The number of aliphatic hydroxyl groups excluding tert-OH is 1. The number of oxime groups is 1. The van der Waals surface area contributed by atoms with Gasteiger partial charge in [-0.15, -0.1) is 0 Å². The first-order valence-electron chi connectivity index (χ1n) is 8.25. The number of phenols is 1. The van der Waals surface area contributed by atoms with E-state index < -0.39 is 6.10 Å². The minimum atomic E-state index is -0.607. The molecule has 1 aromatic carbocycles. The van der Waals surface area contributed by atoms with Gasteiger partial charge in [-0.05, 0) is 73.1 Å². The smallest absolute Gasteiger partial charge is 0.115 e. The van der Waals surface area contributed by atoms with E-state index in [9.17, 15) is 15.4 Å². The number of aliphatic hydroxyl groups is 1. The zero-order chi connectivity index (χ0) is 15.5. The molecular weight excluding hydrogens is 278 g/mol. The highest BCUT2D eigenvalue weighted by Crippen LogP contribution is 2.60. The number of rotatable bonds is 0. The molecule has 2 fully saturated rings. The van der Waals surface area contributed by atoms with E-state index in [1.165, 1.54) is 11.1 Å². The molecule has 3 N–H and O–H groups in total. The number of hydrogen-bond donors (Lipinski definition) is 3. The Hall–Kier alpha value is -1.55. The summed E-state index contributed by atoms with van der Waals surface area (Å²) in [4.78, 5) is 0. The van der Waals surface area contributed by atoms with Crippen LogP contribution in [0, 0.1) is 17.3 Å². The summed E-state index contributed by atoms with van der Waals surface area (Å²) in [6.45, 7) is 2.16. The van der Waals surface area contributed by atoms with Gasteiger partial charge >= 0.3 is 0 Å². The first kappa shape index (κ1) is 14.1. The summed E-state index contributed by atoms with van der Waals surface area (Å²) in [7, 11) is 0. The SMILES string of the molecule is C[C@]12CC[C@@H]3c4ccc(O)cc4CC[C@H]3[C@@H]1C/C(=N\O)[C@@H]2O. The standard InChI is InChI=1S/C18H23NO3/c1-18-7-6-13-12-5-3-11(20)8-10(12)2-4-14(13)15(18)9-16(19-22)17(18)21/h3,5,8,13-15,17,20-22H,2,4,6-7,9H2,1H3/b19-16+/t13-,14-,15+,17+,18+/m1/s1. The molecule has 22 heavy (non-hydrogen) atoms. The molecule has 3 aliphatic carbocycles. The predicted octanol–water partition coefficient (Wildman–Crippen LogP) is 3.05. The minimum Gasteiger partial charge on any atom is -0.508 e. The second-order valence-corrected chi connectivity index (χ2v) is 7.54. The van der Waals surface area contributed by atoms with Gasteiger partial charge in [0, 0.05) is 5.41 Å². The van der Waals surface area contributed by atoms with Crippen molar-refractivity contribution >= 4 is 5.71 Å². The van der Waals surface area contributed by atoms with E-state index in [4.69, 9.17) is 0 Å². The molecular formula is C18H23NO3. The molecule has 0 saturated heterocycles. The third-order valence-electron chi connectivity index (χ3n) is 6.65. The molecule has 5 atom stereocenters. The van der Waals surface area contributed by atoms with Gasteiger partial charge in [0.25, 0.3) is 0 Å². The molecule has 0 aromatic heterocycles. The van der Waals surface area contributed by atoms with E-state index in [0.29, 0.717) is 35.6 Å². The summed E-state index contributed by atoms with van der Waals surface area (Å²) in [5, 5.41) is 32.8. The monoisotopic (exact) mass is 301 g/mol. The van der Waals surface area contributed by atoms with Gasteiger partial charge in [0.15, 0.2) is 0 Å². The highest BCUT2D eigenvalue weighted by atomic mass is 16.4. The lowest BCUT2D eigenvalue weighted by atomic mass is 9.55. The van der Waals surface area contributed by atoms with Crippen LogP contribution in [0.15, 0.2) is 23.4 Å². The van der Waals surface area contributed by atoms with E-state index >= 15 is 0 Å². The number of aryl methyl sites for hydroxylation is 1. The topological polar surface area (TPSA) is 73.1 Å². The summed E-state index contributed by atoms with van der Waals surface area (Å²) in [6, 6.07) is 5.78. The molecule has 118 valence electrons. The number of hydrogen-bond acceptors (Lipinski definition) is 4. The number of fused-ring (bicyclic) bond motifs is 5. The molecule has 0 heterocycles. The van der Waals surface area contributed by atoms with Gasteiger partial charge in [-0.3, -0.25) is 0 Å². The third-order valence-corrected chi connectivity index (χ3v) is 6.65. The lowest BCUT2D eigenvalue weighted by Crippen LogP contribution is -2.44. The van der Waals surface area contributed by atoms with E-state index in [2.05, 4.69) is 18.1 Å². The van der Waals surface area contributed by atoms with Crippen molar-refractivity contribution in [1.82, 2.24) is 0 Å². The largest absolute Gasteiger partial charge is 0.508 e. The molecule has 4 heteroatoms. The Bertz CT molecular complexity index is 641. The van der Waals surface area contributed by atoms with Gasteiger partial charge in [0.1, 0.15) is 11.9 Å². The summed E-state index contributed by atoms with van der Waals surface area (Å²) < 4.78 is 0. The van der Waals surface area contributed by atoms with Crippen LogP contribution >= 0.6 is 0 Å². The second-order valence-electron chi connectivity index (χ2n) is 7.54. The van der Waals surface area contributed by atoms with Gasteiger partial charge in [0.05, 0.1) is 5.71 Å². The Balaban J connectivity index is 1.72. The Morgan fingerprint density at radius 2 is 2.09 bits per heavy atom. The number of aromatic hydroxyl groups is 1. The van der Waals surface area contributed by atoms with E-state index in [1.54, 1.807) is 6.07 Å². The van der Waals surface area contributed by atoms with Crippen LogP contribution in [0.1, 0.15) is 49.7 Å². The Morgan fingerprint density at radius 1 is 1.27 bits per heavy atom. The Kier molecular flexibility index (Phi) is 3.02. The predicted molar refractivity (Wildman–Crippen MR) is 83.3 cm³/mol. The number of nitrogens with zero attached hydrogens (tertiary/aromatic N) is 1. The summed E-state index contributed by atoms with van der Waals surface area (Å²) in [5.74, 6) is 1.77. The average molecular weight is 301 g/mol. The zero-order valence-corrected chi connectivity index (χ0v) is 12.9. The molecule has 0 spiro atoms. The minimum absolute atomic E-state index is 0.156. The molecule has 4 nitrogen and oxygen atoms in total. The molecule has 0 unspecified atom stereocenters. The van der Waals surface area contributed by atoms with Crippen molar-refractivity contribution in [3.05, 3.63) is 29.3 Å². The molecule has 4 rings (SSSR count). The fourth-order valence-electron chi connectivity index (χ4n) is 5.45. The van der Waals surface area contributed by atoms with Gasteiger partial charge in [-0.2, -0.15) is 0 Å². The summed E-state index contributed by atoms with van der Waals surface area (Å²) >= 11 is 0. The van der Waals surface area contributed by atoms with Crippen molar-refractivity contribution < 1.29 is 15.4 Å². The highest BCUT2D eigenvalue weighted by molar-refractivity contribution is 5.91. The van der Waals surface area contributed by atoms with Crippen LogP contribution in [-0.4, -0.2) is 27.2 Å². The summed E-state index contributed by atoms with van der Waals surface area (Å²) in [6.07, 6.45) is 4.20. The van der Waals surface area contributed by atoms with Gasteiger partial charge in [-0.25, -0.2) is 0 Å². The first-order chi connectivity index (χ1) is 10.5. The van der Waals surface area contributed by atoms with Gasteiger partial charge in [-0.1, -0.05) is 18.1 Å². The fraction of sp³-hybridized carbons (Fsp3) is 0.611. The van der Waals surface area contributed by atoms with Crippen LogP contribution < -0.4 is 0 Å². The van der Waals surface area contributed by atoms with Crippen molar-refractivity contribution in [3.8, 4) is 5.75 Å².